The molecule has 4 aromatic heterocycles. The van der Waals surface area contributed by atoms with Gasteiger partial charge in [0.25, 0.3) is 5.56 Å². The molecular formula is C62H64ClF9IN19OS3. The lowest BCUT2D eigenvalue weighted by atomic mass is 10.1. The second kappa shape index (κ2) is 33.3. The van der Waals surface area contributed by atoms with Crippen molar-refractivity contribution in [3.05, 3.63) is 143 Å². The van der Waals surface area contributed by atoms with E-state index >= 15 is 0 Å². The Morgan fingerprint density at radius 3 is 1.12 bits per heavy atom. The minimum atomic E-state index is -4.64. The number of rotatable bonds is 10. The van der Waals surface area contributed by atoms with Gasteiger partial charge in [0.15, 0.2) is 0 Å². The number of alkyl halides is 9. The van der Waals surface area contributed by atoms with Crippen molar-refractivity contribution in [1.82, 2.24) is 59.5 Å². The van der Waals surface area contributed by atoms with Crippen molar-refractivity contribution in [2.45, 2.75) is 61.7 Å². The molecule has 3 aromatic carbocycles. The summed E-state index contributed by atoms with van der Waals surface area (Å²) in [5, 5.41) is 26.8. The predicted molar refractivity (Wildman–Crippen MR) is 358 cm³/mol. The van der Waals surface area contributed by atoms with E-state index in [0.717, 1.165) is 186 Å². The molecule has 0 amide bonds. The van der Waals surface area contributed by atoms with Gasteiger partial charge in [-0.15, -0.1) is 0 Å². The highest BCUT2D eigenvalue weighted by molar-refractivity contribution is 14.1. The molecule has 0 atom stereocenters. The molecule has 8 heterocycles. The Labute approximate surface area is 580 Å². The average molecular weight is 1520 g/mol. The fourth-order valence-corrected chi connectivity index (χ4v) is 12.6. The van der Waals surface area contributed by atoms with E-state index < -0.39 is 51.9 Å². The average Bonchev–Trinajstić information content (AvgIpc) is 0.859. The summed E-state index contributed by atoms with van der Waals surface area (Å²) in [7, 11) is 8.27. The van der Waals surface area contributed by atoms with Crippen LogP contribution in [-0.4, -0.2) is 192 Å². The Bertz CT molecular complexity index is 3880. The Morgan fingerprint density at radius 1 is 0.458 bits per heavy atom. The standard InChI is InChI=1S/C18H18F3N5S.C17H15ClF3N5S.C17H16F3N5OS.C10H15IN4/c1-12-16(11-23-17(24-12)26-7-5-25(2)6-8-26)27-14-4-3-13(10-22)15(9-14)18(19,20)21;1-25-4-6-26(7-5-25)16-23-10-14(15(18)24-16)27-12-3-2-11(9-22)13(8-12)17(19,20)21;1-24-4-6-25(7-5-24)16-22-10-14(15(26)23-16)27-12-3-2-11(9-21)13(8-12)17(18,19)20;1-8-9(11)7-12-10(13-8)15-5-3-14(2)4-6-15/h3-4,9,11H,5-8H2,1-2H3;2-3,8,10H,4-7H2,1H3;2-3,8,10H,4-7H2,1H3,(H,22,23,26);7H,3-6H2,1-2H3. The predicted octanol–water partition coefficient (Wildman–Crippen LogP) is 11.2. The van der Waals surface area contributed by atoms with Gasteiger partial charge in [-0.3, -0.25) is 9.78 Å². The molecule has 96 heavy (non-hydrogen) atoms. The van der Waals surface area contributed by atoms with Gasteiger partial charge in [0.2, 0.25) is 23.8 Å². The first-order valence-corrected chi connectivity index (χ1v) is 33.5. The molecule has 0 unspecified atom stereocenters. The van der Waals surface area contributed by atoms with Gasteiger partial charge in [0.1, 0.15) is 5.15 Å². The molecule has 4 aliphatic rings. The Hall–Kier alpha value is -7.27. The summed E-state index contributed by atoms with van der Waals surface area (Å²) in [5.41, 5.74) is -2.81. The quantitative estimate of drug-likeness (QED) is 0.0764. The maximum atomic E-state index is 13.1. The molecule has 0 saturated carbocycles. The first kappa shape index (κ1) is 74.5. The van der Waals surface area contributed by atoms with Crippen LogP contribution >= 0.6 is 69.5 Å². The van der Waals surface area contributed by atoms with Crippen molar-refractivity contribution in [1.29, 1.82) is 15.8 Å². The fraction of sp³-hybridized carbons (Fsp3) is 0.403. The van der Waals surface area contributed by atoms with Crippen LogP contribution in [-0.2, 0) is 18.5 Å². The molecule has 0 aliphatic carbocycles. The first-order valence-electron chi connectivity index (χ1n) is 29.6. The van der Waals surface area contributed by atoms with E-state index in [1.54, 1.807) is 18.3 Å². The number of likely N-dealkylation sites (N-methyl/N-ethyl adjacent to an activating group) is 4. The smallest absolute Gasteiger partial charge is 0.340 e. The summed E-state index contributed by atoms with van der Waals surface area (Å²) in [4.78, 5) is 65.2. The number of halogens is 11. The summed E-state index contributed by atoms with van der Waals surface area (Å²) in [6, 6.07) is 15.3. The van der Waals surface area contributed by atoms with Crippen LogP contribution in [0, 0.1) is 51.4 Å². The van der Waals surface area contributed by atoms with E-state index in [1.165, 1.54) is 42.7 Å². The van der Waals surface area contributed by atoms with Crippen LogP contribution in [0.5, 0.6) is 0 Å². The van der Waals surface area contributed by atoms with Crippen LogP contribution < -0.4 is 25.2 Å². The lowest BCUT2D eigenvalue weighted by Crippen LogP contribution is -2.45. The third-order valence-corrected chi connectivity index (χ3v) is 20.0. The molecule has 0 bridgehead atoms. The van der Waals surface area contributed by atoms with Crippen molar-refractivity contribution in [2.75, 3.05) is 153 Å². The number of hydrogen-bond donors (Lipinski definition) is 1. The second-order valence-electron chi connectivity index (χ2n) is 22.4. The minimum absolute atomic E-state index is 0.182. The number of nitrogens with one attached hydrogen (secondary N) is 1. The van der Waals surface area contributed by atoms with Crippen LogP contribution in [0.3, 0.4) is 0 Å². The van der Waals surface area contributed by atoms with Gasteiger partial charge < -0.3 is 39.2 Å². The summed E-state index contributed by atoms with van der Waals surface area (Å²) >= 11 is 11.6. The molecule has 11 rings (SSSR count). The monoisotopic (exact) mass is 1520 g/mol. The van der Waals surface area contributed by atoms with Crippen molar-refractivity contribution in [2.24, 2.45) is 0 Å². The zero-order valence-corrected chi connectivity index (χ0v) is 58.0. The van der Waals surface area contributed by atoms with Crippen LogP contribution in [0.4, 0.5) is 63.3 Å². The summed E-state index contributed by atoms with van der Waals surface area (Å²) < 4.78 is 119. The van der Waals surface area contributed by atoms with E-state index in [0.29, 0.717) is 43.1 Å². The van der Waals surface area contributed by atoms with E-state index in [9.17, 15) is 44.3 Å². The molecule has 4 aliphatic heterocycles. The normalized spacial score (nSPS) is 16.0. The van der Waals surface area contributed by atoms with Gasteiger partial charge >= 0.3 is 18.5 Å². The summed E-state index contributed by atoms with van der Waals surface area (Å²) in [6.45, 7) is 18.1. The molecule has 0 radical (unpaired) electrons. The van der Waals surface area contributed by atoms with E-state index in [2.05, 4.69) is 106 Å². The fourth-order valence-electron chi connectivity index (χ4n) is 9.63. The maximum Gasteiger partial charge on any atom is 0.417 e. The third kappa shape index (κ3) is 20.6. The number of aromatic nitrogens is 8. The number of H-pyrrole nitrogens is 1. The van der Waals surface area contributed by atoms with Gasteiger partial charge in [0.05, 0.1) is 87.4 Å². The topological polar surface area (TPSA) is 220 Å². The highest BCUT2D eigenvalue weighted by Gasteiger charge is 2.36. The Kier molecular flexibility index (Phi) is 25.9. The van der Waals surface area contributed by atoms with Crippen molar-refractivity contribution >= 4 is 93.3 Å². The third-order valence-electron chi connectivity index (χ3n) is 15.4. The molecular weight excluding hydrogens is 1460 g/mol. The zero-order chi connectivity index (χ0) is 69.6. The second-order valence-corrected chi connectivity index (χ2v) is 27.2. The van der Waals surface area contributed by atoms with Gasteiger partial charge in [-0.25, -0.2) is 29.9 Å². The molecule has 7 aromatic rings. The highest BCUT2D eigenvalue weighted by atomic mass is 127. The molecule has 0 spiro atoms. The number of aryl methyl sites for hydroxylation is 2. The number of nitriles is 3. The first-order chi connectivity index (χ1) is 45.5. The van der Waals surface area contributed by atoms with E-state index in [-0.39, 0.29) is 20.5 Å². The van der Waals surface area contributed by atoms with Crippen molar-refractivity contribution in [3.63, 3.8) is 0 Å². The number of benzene rings is 3. The van der Waals surface area contributed by atoms with Crippen LogP contribution in [0.2, 0.25) is 5.15 Å². The number of piperazine rings is 4. The van der Waals surface area contributed by atoms with E-state index in [4.69, 9.17) is 27.4 Å². The SMILES string of the molecule is CN1CCN(c2ncc(Sc3ccc(C#N)c(C(F)(F)F)c3)c(=O)[nH]2)CC1.CN1CCN(c2ncc(Sc3ccc(C#N)c(C(F)(F)F)c3)c(Cl)n2)CC1.Cc1nc(N2CCN(C)CC2)ncc1I.Cc1nc(N2CCN(C)CC2)ncc1Sc1ccc(C#N)c(C(F)(F)F)c1. The van der Waals surface area contributed by atoms with Crippen LogP contribution in [0.1, 0.15) is 44.8 Å². The Balaban J connectivity index is 0.000000167. The maximum absolute atomic E-state index is 13.1. The molecule has 1 N–H and O–H groups in total. The number of aromatic amines is 1. The van der Waals surface area contributed by atoms with Crippen LogP contribution in [0.25, 0.3) is 0 Å². The molecule has 34 heteroatoms. The number of nitrogens with zero attached hydrogens (tertiary/aromatic N) is 18. The number of anilines is 4. The number of hydrogen-bond acceptors (Lipinski definition) is 22. The highest BCUT2D eigenvalue weighted by Crippen LogP contribution is 2.41. The van der Waals surface area contributed by atoms with Crippen molar-refractivity contribution < 1.29 is 39.5 Å². The van der Waals surface area contributed by atoms with Crippen molar-refractivity contribution in [3.8, 4) is 18.2 Å². The van der Waals surface area contributed by atoms with Crippen LogP contribution in [0.15, 0.2) is 114 Å². The lowest BCUT2D eigenvalue weighted by Gasteiger charge is -2.32. The molecule has 4 saturated heterocycles. The largest absolute Gasteiger partial charge is 0.417 e. The Morgan fingerprint density at radius 2 is 0.781 bits per heavy atom. The molecule has 20 nitrogen and oxygen atoms in total. The van der Waals surface area contributed by atoms with E-state index in [1.807, 2.05) is 43.9 Å². The van der Waals surface area contributed by atoms with Gasteiger partial charge in [-0.2, -0.15) is 60.3 Å². The minimum Gasteiger partial charge on any atom is -0.340 e. The van der Waals surface area contributed by atoms with Gasteiger partial charge in [-0.1, -0.05) is 46.9 Å². The van der Waals surface area contributed by atoms with Gasteiger partial charge in [0, 0.05) is 138 Å². The summed E-state index contributed by atoms with van der Waals surface area (Å²) in [6.07, 6.45) is -7.40. The molecule has 4 fully saturated rings. The molecule has 508 valence electrons. The lowest BCUT2D eigenvalue weighted by molar-refractivity contribution is -0.138. The summed E-state index contributed by atoms with van der Waals surface area (Å²) in [5.74, 6) is 2.48. The zero-order valence-electron chi connectivity index (χ0n) is 52.7. The van der Waals surface area contributed by atoms with Gasteiger partial charge in [-0.05, 0) is 119 Å².